The molecule has 8 heteroatoms. The van der Waals surface area contributed by atoms with Crippen molar-refractivity contribution in [1.82, 2.24) is 4.98 Å². The van der Waals surface area contributed by atoms with Crippen molar-refractivity contribution < 1.29 is 28.2 Å². The summed E-state index contributed by atoms with van der Waals surface area (Å²) in [7, 11) is 1.45. The lowest BCUT2D eigenvalue weighted by molar-refractivity contribution is -0.133. The monoisotopic (exact) mass is 512 g/mol. The second kappa shape index (κ2) is 10.0. The maximum absolute atomic E-state index is 13.2. The van der Waals surface area contributed by atoms with E-state index in [2.05, 4.69) is 4.98 Å². The number of amides is 1. The first-order valence-electron chi connectivity index (χ1n) is 12.1. The lowest BCUT2D eigenvalue weighted by Gasteiger charge is -2.14. The predicted molar refractivity (Wildman–Crippen MR) is 139 cm³/mol. The number of aromatic nitrogens is 1. The van der Waals surface area contributed by atoms with Gasteiger partial charge in [-0.05, 0) is 60.4 Å². The molecule has 38 heavy (non-hydrogen) atoms. The smallest absolute Gasteiger partial charge is 0.252 e. The zero-order valence-electron chi connectivity index (χ0n) is 20.7. The minimum absolute atomic E-state index is 0.105. The van der Waals surface area contributed by atoms with Crippen LogP contribution in [0.4, 0.5) is 4.39 Å². The predicted octanol–water partition coefficient (Wildman–Crippen LogP) is 4.98. The van der Waals surface area contributed by atoms with Crippen molar-refractivity contribution in [2.75, 3.05) is 7.11 Å². The maximum Gasteiger partial charge on any atom is 0.252 e. The number of ketones is 2. The average Bonchev–Trinajstić information content (AvgIpc) is 3.73. The summed E-state index contributed by atoms with van der Waals surface area (Å²) < 4.78 is 24.5. The Labute approximate surface area is 218 Å². The first kappa shape index (κ1) is 25.1. The lowest BCUT2D eigenvalue weighted by atomic mass is 9.88. The van der Waals surface area contributed by atoms with Crippen molar-refractivity contribution in [2.45, 2.75) is 25.7 Å². The van der Waals surface area contributed by atoms with Crippen LogP contribution < -0.4 is 15.2 Å². The highest BCUT2D eigenvalue weighted by molar-refractivity contribution is 6.11. The molecule has 0 unspecified atom stereocenters. The molecule has 192 valence electrons. The molecule has 0 spiro atoms. The van der Waals surface area contributed by atoms with E-state index in [-0.39, 0.29) is 35.8 Å². The molecule has 0 saturated heterocycles. The summed E-state index contributed by atoms with van der Waals surface area (Å²) in [5.74, 6) is 0.117. The Bertz CT molecular complexity index is 1540. The highest BCUT2D eigenvalue weighted by Gasteiger charge is 2.54. The number of primary amides is 1. The highest BCUT2D eigenvalue weighted by atomic mass is 19.1. The minimum atomic E-state index is -0.946. The van der Waals surface area contributed by atoms with Gasteiger partial charge in [-0.2, -0.15) is 0 Å². The van der Waals surface area contributed by atoms with Gasteiger partial charge in [-0.1, -0.05) is 24.3 Å². The fourth-order valence-electron chi connectivity index (χ4n) is 4.55. The molecule has 1 aliphatic rings. The molecular weight excluding hydrogens is 487 g/mol. The number of hydrogen-bond donors (Lipinski definition) is 1. The van der Waals surface area contributed by atoms with Gasteiger partial charge in [0.2, 0.25) is 0 Å². The quantitative estimate of drug-likeness (QED) is 0.300. The topological polar surface area (TPSA) is 109 Å². The number of nitrogens with two attached hydrogens (primary N) is 1. The number of Topliss-reactive ketones (excluding diaryl/α,β-unsaturated/α-hetero) is 2. The summed E-state index contributed by atoms with van der Waals surface area (Å²) in [4.78, 5) is 42.2. The van der Waals surface area contributed by atoms with E-state index >= 15 is 0 Å². The molecule has 4 aromatic rings. The van der Waals surface area contributed by atoms with Crippen LogP contribution in [0.15, 0.2) is 72.9 Å². The number of carbonyl (C=O) groups is 3. The van der Waals surface area contributed by atoms with Crippen molar-refractivity contribution in [3.8, 4) is 17.2 Å². The van der Waals surface area contributed by atoms with Gasteiger partial charge in [-0.3, -0.25) is 19.4 Å². The lowest BCUT2D eigenvalue weighted by Crippen LogP contribution is -2.28. The molecule has 2 N–H and O–H groups in total. The number of methoxy groups -OCH3 is 1. The van der Waals surface area contributed by atoms with E-state index in [1.165, 1.54) is 19.2 Å². The second-order valence-electron chi connectivity index (χ2n) is 9.40. The molecule has 1 heterocycles. The standard InChI is InChI=1S/C30H25FN2O5/c1-37-26-17-24-22(16-23(26)29(32)36)25(10-13-33-24)38-21-8-4-19(5-9-21)15-28(35)30(11-12-30)27(34)14-18-2-6-20(31)7-3-18/h2-10,13,16-17H,11-12,14-15H2,1H3,(H2,32,36). The summed E-state index contributed by atoms with van der Waals surface area (Å²) in [6.07, 6.45) is 2.92. The van der Waals surface area contributed by atoms with Crippen LogP contribution in [0.1, 0.15) is 34.3 Å². The van der Waals surface area contributed by atoms with Crippen LogP contribution in [0.2, 0.25) is 0 Å². The number of pyridine rings is 1. The SMILES string of the molecule is COc1cc2nccc(Oc3ccc(CC(=O)C4(C(=O)Cc5ccc(F)cc5)CC4)cc3)c2cc1C(N)=O. The van der Waals surface area contributed by atoms with Crippen LogP contribution >= 0.6 is 0 Å². The van der Waals surface area contributed by atoms with Crippen molar-refractivity contribution in [2.24, 2.45) is 11.1 Å². The number of benzene rings is 3. The Morgan fingerprint density at radius 1 is 0.895 bits per heavy atom. The van der Waals surface area contributed by atoms with Crippen LogP contribution in [-0.4, -0.2) is 29.6 Å². The number of halogens is 1. The Kier molecular flexibility index (Phi) is 6.63. The van der Waals surface area contributed by atoms with Gasteiger partial charge in [-0.15, -0.1) is 0 Å². The summed E-state index contributed by atoms with van der Waals surface area (Å²) in [6.45, 7) is 0. The Balaban J connectivity index is 1.28. The summed E-state index contributed by atoms with van der Waals surface area (Å²) in [5, 5.41) is 0.594. The third-order valence-corrected chi connectivity index (χ3v) is 6.90. The molecule has 1 amide bonds. The third kappa shape index (κ3) is 4.98. The van der Waals surface area contributed by atoms with E-state index in [4.69, 9.17) is 15.2 Å². The van der Waals surface area contributed by atoms with Crippen molar-refractivity contribution >= 4 is 28.4 Å². The molecule has 0 radical (unpaired) electrons. The van der Waals surface area contributed by atoms with Gasteiger partial charge < -0.3 is 15.2 Å². The number of ether oxygens (including phenoxy) is 2. The van der Waals surface area contributed by atoms with Gasteiger partial charge in [0.1, 0.15) is 23.1 Å². The van der Waals surface area contributed by atoms with Gasteiger partial charge in [0, 0.05) is 30.5 Å². The summed E-state index contributed by atoms with van der Waals surface area (Å²) in [5.41, 5.74) is 6.81. The fraction of sp³-hybridized carbons (Fsp3) is 0.200. The van der Waals surface area contributed by atoms with Crippen LogP contribution in [0.25, 0.3) is 10.9 Å². The first-order valence-corrected chi connectivity index (χ1v) is 12.1. The normalized spacial score (nSPS) is 13.6. The van der Waals surface area contributed by atoms with E-state index in [0.29, 0.717) is 46.6 Å². The molecular formula is C30H25FN2O5. The van der Waals surface area contributed by atoms with E-state index in [9.17, 15) is 18.8 Å². The number of carbonyl (C=O) groups excluding carboxylic acids is 3. The van der Waals surface area contributed by atoms with Gasteiger partial charge >= 0.3 is 0 Å². The van der Waals surface area contributed by atoms with Gasteiger partial charge in [0.15, 0.2) is 11.6 Å². The highest BCUT2D eigenvalue weighted by Crippen LogP contribution is 2.48. The van der Waals surface area contributed by atoms with Gasteiger partial charge in [-0.25, -0.2) is 4.39 Å². The minimum Gasteiger partial charge on any atom is -0.496 e. The molecule has 0 aliphatic heterocycles. The van der Waals surface area contributed by atoms with E-state index < -0.39 is 11.3 Å². The zero-order chi connectivity index (χ0) is 26.9. The molecule has 0 bridgehead atoms. The number of rotatable bonds is 10. The maximum atomic E-state index is 13.2. The fourth-order valence-corrected chi connectivity index (χ4v) is 4.55. The molecule has 1 fully saturated rings. The zero-order valence-corrected chi connectivity index (χ0v) is 20.7. The molecule has 0 atom stereocenters. The largest absolute Gasteiger partial charge is 0.496 e. The van der Waals surface area contributed by atoms with Crippen molar-refractivity contribution in [1.29, 1.82) is 0 Å². The van der Waals surface area contributed by atoms with Crippen LogP contribution in [0.5, 0.6) is 17.2 Å². The number of hydrogen-bond acceptors (Lipinski definition) is 6. The molecule has 7 nitrogen and oxygen atoms in total. The van der Waals surface area contributed by atoms with Gasteiger partial charge in [0.25, 0.3) is 5.91 Å². The Morgan fingerprint density at radius 2 is 1.50 bits per heavy atom. The first-order chi connectivity index (χ1) is 18.3. The molecule has 1 saturated carbocycles. The molecule has 1 aromatic heterocycles. The number of nitrogens with zero attached hydrogens (tertiary/aromatic N) is 1. The summed E-state index contributed by atoms with van der Waals surface area (Å²) >= 11 is 0. The Morgan fingerprint density at radius 3 is 2.05 bits per heavy atom. The Hall–Kier alpha value is -4.59. The van der Waals surface area contributed by atoms with Crippen LogP contribution in [0, 0.1) is 11.2 Å². The van der Waals surface area contributed by atoms with Crippen LogP contribution in [-0.2, 0) is 22.4 Å². The van der Waals surface area contributed by atoms with Crippen molar-refractivity contribution in [3.05, 3.63) is 95.4 Å². The molecule has 3 aromatic carbocycles. The van der Waals surface area contributed by atoms with Crippen molar-refractivity contribution in [3.63, 3.8) is 0 Å². The third-order valence-electron chi connectivity index (χ3n) is 6.90. The van der Waals surface area contributed by atoms with E-state index in [1.807, 2.05) is 0 Å². The second-order valence-corrected chi connectivity index (χ2v) is 9.40. The van der Waals surface area contributed by atoms with Crippen LogP contribution in [0.3, 0.4) is 0 Å². The molecule has 5 rings (SSSR count). The average molecular weight is 513 g/mol. The molecule has 1 aliphatic carbocycles. The van der Waals surface area contributed by atoms with E-state index in [0.717, 1.165) is 5.56 Å². The summed E-state index contributed by atoms with van der Waals surface area (Å²) in [6, 6.07) is 17.7. The van der Waals surface area contributed by atoms with Gasteiger partial charge in [0.05, 0.1) is 23.6 Å². The number of fused-ring (bicyclic) bond motifs is 1. The van der Waals surface area contributed by atoms with E-state index in [1.54, 1.807) is 60.8 Å².